The van der Waals surface area contributed by atoms with Crippen molar-refractivity contribution in [3.8, 4) is 0 Å². The third kappa shape index (κ3) is 3.65. The predicted octanol–water partition coefficient (Wildman–Crippen LogP) is 1.99. The van der Waals surface area contributed by atoms with Gasteiger partial charge in [0.25, 0.3) is 0 Å². The molecule has 1 atom stereocenters. The smallest absolute Gasteiger partial charge is 0.326 e. The fourth-order valence-corrected chi connectivity index (χ4v) is 3.76. The quantitative estimate of drug-likeness (QED) is 0.831. The molecule has 1 fully saturated rings. The van der Waals surface area contributed by atoms with Crippen molar-refractivity contribution < 1.29 is 26.0 Å². The first-order valence-corrected chi connectivity index (χ1v) is 7.19. The van der Waals surface area contributed by atoms with Gasteiger partial charge in [-0.1, -0.05) is 0 Å². The van der Waals surface area contributed by atoms with Gasteiger partial charge in [0, 0.05) is 19.1 Å². The molecule has 1 heterocycles. The van der Waals surface area contributed by atoms with Crippen molar-refractivity contribution in [3.05, 3.63) is 29.6 Å². The maximum atomic E-state index is 13.0. The second kappa shape index (κ2) is 6.07. The van der Waals surface area contributed by atoms with E-state index in [1.165, 1.54) is 0 Å². The highest BCUT2D eigenvalue weighted by Crippen LogP contribution is 2.36. The van der Waals surface area contributed by atoms with Gasteiger partial charge in [0.15, 0.2) is 0 Å². The largest absolute Gasteiger partial charge is 0.417 e. The lowest BCUT2D eigenvalue weighted by Crippen LogP contribution is -2.33. The summed E-state index contributed by atoms with van der Waals surface area (Å²) >= 11 is 0. The normalized spacial score (nSPS) is 20.3. The molecule has 2 N–H and O–H groups in total. The van der Waals surface area contributed by atoms with E-state index in [9.17, 15) is 26.0 Å². The van der Waals surface area contributed by atoms with Gasteiger partial charge in [-0.2, -0.15) is 17.5 Å². The maximum absolute atomic E-state index is 13.0. The van der Waals surface area contributed by atoms with Crippen LogP contribution in [0, 0.1) is 5.82 Å². The Kier molecular flexibility index (Phi) is 5.25. The van der Waals surface area contributed by atoms with Gasteiger partial charge in [0.2, 0.25) is 10.0 Å². The van der Waals surface area contributed by atoms with Gasteiger partial charge in [0.05, 0.1) is 10.5 Å². The van der Waals surface area contributed by atoms with Crippen LogP contribution in [0.25, 0.3) is 0 Å². The van der Waals surface area contributed by atoms with Crippen LogP contribution in [0.4, 0.5) is 17.6 Å². The summed E-state index contributed by atoms with van der Waals surface area (Å²) in [5.41, 5.74) is 4.06. The fraction of sp³-hybridized carbons (Fsp3) is 0.455. The molecule has 0 aliphatic carbocycles. The Morgan fingerprint density at radius 3 is 2.38 bits per heavy atom. The van der Waals surface area contributed by atoms with Gasteiger partial charge in [-0.05, 0) is 24.6 Å². The molecule has 0 amide bonds. The summed E-state index contributed by atoms with van der Waals surface area (Å²) in [5, 5.41) is 0. The van der Waals surface area contributed by atoms with Crippen molar-refractivity contribution in [2.45, 2.75) is 23.5 Å². The molecular weight excluding hydrogens is 336 g/mol. The van der Waals surface area contributed by atoms with Crippen LogP contribution in [0.15, 0.2) is 23.1 Å². The summed E-state index contributed by atoms with van der Waals surface area (Å²) in [6, 6.07) is 1.11. The summed E-state index contributed by atoms with van der Waals surface area (Å²) < 4.78 is 76.8. The highest BCUT2D eigenvalue weighted by Gasteiger charge is 2.40. The Labute approximate surface area is 125 Å². The van der Waals surface area contributed by atoms with E-state index in [1.807, 2.05) is 0 Å². The first kappa shape index (κ1) is 18.1. The highest BCUT2D eigenvalue weighted by molar-refractivity contribution is 7.89. The van der Waals surface area contributed by atoms with Crippen LogP contribution in [0.2, 0.25) is 0 Å². The van der Waals surface area contributed by atoms with Gasteiger partial charge in [-0.15, -0.1) is 12.4 Å². The number of halogens is 5. The second-order valence-electron chi connectivity index (χ2n) is 4.55. The molecule has 1 aliphatic rings. The molecule has 1 aromatic carbocycles. The molecule has 0 aromatic heterocycles. The van der Waals surface area contributed by atoms with Gasteiger partial charge in [0.1, 0.15) is 5.82 Å². The summed E-state index contributed by atoms with van der Waals surface area (Å²) in [4.78, 5) is -0.944. The van der Waals surface area contributed by atoms with Crippen molar-refractivity contribution in [2.24, 2.45) is 5.73 Å². The fourth-order valence-electron chi connectivity index (χ4n) is 2.06. The number of nitrogens with zero attached hydrogens (tertiary/aromatic N) is 1. The zero-order valence-electron chi connectivity index (χ0n) is 10.6. The van der Waals surface area contributed by atoms with Gasteiger partial charge >= 0.3 is 6.18 Å². The Balaban J connectivity index is 0.00000220. The van der Waals surface area contributed by atoms with Crippen molar-refractivity contribution in [3.63, 3.8) is 0 Å². The molecule has 4 nitrogen and oxygen atoms in total. The molecule has 1 aliphatic heterocycles. The minimum Gasteiger partial charge on any atom is -0.326 e. The van der Waals surface area contributed by atoms with E-state index in [0.29, 0.717) is 18.6 Å². The number of benzene rings is 1. The molecule has 21 heavy (non-hydrogen) atoms. The van der Waals surface area contributed by atoms with Crippen LogP contribution in [0.1, 0.15) is 12.0 Å². The Hall–Kier alpha value is -0.900. The van der Waals surface area contributed by atoms with Crippen molar-refractivity contribution in [2.75, 3.05) is 13.1 Å². The van der Waals surface area contributed by atoms with Crippen molar-refractivity contribution in [1.82, 2.24) is 4.31 Å². The molecular formula is C11H13ClF4N2O2S. The minimum absolute atomic E-state index is 0. The maximum Gasteiger partial charge on any atom is 0.417 e. The van der Waals surface area contributed by atoms with Crippen LogP contribution >= 0.6 is 12.4 Å². The number of sulfonamides is 1. The highest BCUT2D eigenvalue weighted by atomic mass is 35.5. The minimum atomic E-state index is -4.95. The van der Waals surface area contributed by atoms with E-state index < -0.39 is 38.5 Å². The van der Waals surface area contributed by atoms with Crippen LogP contribution in [-0.4, -0.2) is 31.9 Å². The molecule has 2 rings (SSSR count). The van der Waals surface area contributed by atoms with Gasteiger partial charge < -0.3 is 5.73 Å². The molecule has 1 aromatic rings. The average molecular weight is 349 g/mol. The van der Waals surface area contributed by atoms with Crippen LogP contribution < -0.4 is 5.73 Å². The molecule has 1 saturated heterocycles. The summed E-state index contributed by atoms with van der Waals surface area (Å²) in [6.45, 7) is 0.00911. The van der Waals surface area contributed by atoms with E-state index >= 15 is 0 Å². The lowest BCUT2D eigenvalue weighted by atomic mass is 10.2. The lowest BCUT2D eigenvalue weighted by molar-refractivity contribution is -0.140. The van der Waals surface area contributed by atoms with Crippen molar-refractivity contribution >= 4 is 22.4 Å². The third-order valence-corrected chi connectivity index (χ3v) is 4.98. The third-order valence-electron chi connectivity index (χ3n) is 3.05. The Morgan fingerprint density at radius 1 is 1.29 bits per heavy atom. The van der Waals surface area contributed by atoms with Crippen LogP contribution in [-0.2, 0) is 16.2 Å². The molecule has 1 unspecified atom stereocenters. The summed E-state index contributed by atoms with van der Waals surface area (Å²) in [5.74, 6) is -1.14. The predicted molar refractivity (Wildman–Crippen MR) is 70.0 cm³/mol. The number of hydrogen-bond donors (Lipinski definition) is 1. The number of nitrogens with two attached hydrogens (primary N) is 1. The van der Waals surface area contributed by atoms with Crippen LogP contribution in [0.3, 0.4) is 0 Å². The lowest BCUT2D eigenvalue weighted by Gasteiger charge is -2.19. The van der Waals surface area contributed by atoms with Crippen molar-refractivity contribution in [1.29, 1.82) is 0 Å². The van der Waals surface area contributed by atoms with E-state index in [4.69, 9.17) is 5.73 Å². The second-order valence-corrected chi connectivity index (χ2v) is 6.46. The molecule has 0 radical (unpaired) electrons. The van der Waals surface area contributed by atoms with Gasteiger partial charge in [-0.3, -0.25) is 0 Å². The topological polar surface area (TPSA) is 63.4 Å². The molecule has 0 saturated carbocycles. The molecule has 120 valence electrons. The summed E-state index contributed by atoms with van der Waals surface area (Å²) in [6.07, 6.45) is -4.58. The Bertz CT molecular complexity index is 621. The molecule has 10 heteroatoms. The SMILES string of the molecule is Cl.NC1CCN(S(=O)(=O)c2ccc(F)cc2C(F)(F)F)C1. The standard InChI is InChI=1S/C11H12F4N2O2S.ClH/c12-7-1-2-10(9(5-7)11(13,14)15)20(18,19)17-4-3-8(16)6-17;/h1-2,5,8H,3-4,6,16H2;1H. The van der Waals surface area contributed by atoms with E-state index in [1.54, 1.807) is 0 Å². The Morgan fingerprint density at radius 2 is 1.90 bits per heavy atom. The number of rotatable bonds is 2. The van der Waals surface area contributed by atoms with Crippen LogP contribution in [0.5, 0.6) is 0 Å². The van der Waals surface area contributed by atoms with E-state index in [2.05, 4.69) is 0 Å². The number of alkyl halides is 3. The molecule has 0 spiro atoms. The summed E-state index contributed by atoms with van der Waals surface area (Å²) in [7, 11) is -4.34. The first-order valence-electron chi connectivity index (χ1n) is 5.75. The number of hydrogen-bond acceptors (Lipinski definition) is 3. The monoisotopic (exact) mass is 348 g/mol. The zero-order chi connectivity index (χ0) is 15.1. The van der Waals surface area contributed by atoms with Gasteiger partial charge in [-0.25, -0.2) is 12.8 Å². The van der Waals surface area contributed by atoms with E-state index in [0.717, 1.165) is 4.31 Å². The average Bonchev–Trinajstić information content (AvgIpc) is 2.75. The zero-order valence-corrected chi connectivity index (χ0v) is 12.2. The molecule has 0 bridgehead atoms. The first-order chi connectivity index (χ1) is 9.12. The van der Waals surface area contributed by atoms with E-state index in [-0.39, 0.29) is 31.6 Å².